The maximum Gasteiger partial charge on any atom is 0.282 e. The number of imide groups is 1. The summed E-state index contributed by atoms with van der Waals surface area (Å²) in [6, 6.07) is 18.5. The molecule has 2 amide bonds. The third-order valence-corrected chi connectivity index (χ3v) is 6.15. The SMILES string of the molecule is CCc1ccc(N2C(=O)C(Nc3ccc(OC)cc3OC)=C(c3ccc(C)c(C)c3)C2=O)cc1. The van der Waals surface area contributed by atoms with Gasteiger partial charge in [0.05, 0.1) is 31.2 Å². The molecular weight excluding hydrogens is 428 g/mol. The van der Waals surface area contributed by atoms with Crippen molar-refractivity contribution in [2.45, 2.75) is 27.2 Å². The van der Waals surface area contributed by atoms with Crippen LogP contribution >= 0.6 is 0 Å². The smallest absolute Gasteiger partial charge is 0.282 e. The van der Waals surface area contributed by atoms with E-state index in [0.29, 0.717) is 34.0 Å². The summed E-state index contributed by atoms with van der Waals surface area (Å²) < 4.78 is 10.8. The van der Waals surface area contributed by atoms with Crippen molar-refractivity contribution < 1.29 is 19.1 Å². The van der Waals surface area contributed by atoms with Crippen molar-refractivity contribution in [3.8, 4) is 11.5 Å². The van der Waals surface area contributed by atoms with Gasteiger partial charge in [0.2, 0.25) is 0 Å². The molecule has 0 aromatic heterocycles. The average molecular weight is 457 g/mol. The predicted molar refractivity (Wildman–Crippen MR) is 134 cm³/mol. The van der Waals surface area contributed by atoms with E-state index in [1.807, 2.05) is 56.3 Å². The largest absolute Gasteiger partial charge is 0.497 e. The Hall–Kier alpha value is -4.06. The molecule has 1 aliphatic rings. The van der Waals surface area contributed by atoms with Crippen LogP contribution in [-0.2, 0) is 16.0 Å². The van der Waals surface area contributed by atoms with Gasteiger partial charge in [0.1, 0.15) is 17.2 Å². The monoisotopic (exact) mass is 456 g/mol. The number of methoxy groups -OCH3 is 2. The van der Waals surface area contributed by atoms with Gasteiger partial charge < -0.3 is 14.8 Å². The van der Waals surface area contributed by atoms with Gasteiger partial charge in [-0.25, -0.2) is 4.90 Å². The number of nitrogens with one attached hydrogen (secondary N) is 1. The molecule has 3 aromatic carbocycles. The van der Waals surface area contributed by atoms with Crippen molar-refractivity contribution in [1.29, 1.82) is 0 Å². The van der Waals surface area contributed by atoms with E-state index in [4.69, 9.17) is 9.47 Å². The molecule has 0 radical (unpaired) electrons. The Labute approximate surface area is 199 Å². The van der Waals surface area contributed by atoms with Crippen LogP contribution in [0.1, 0.15) is 29.2 Å². The Morgan fingerprint density at radius 3 is 2.18 bits per heavy atom. The molecule has 0 saturated carbocycles. The van der Waals surface area contributed by atoms with Crippen LogP contribution in [0.4, 0.5) is 11.4 Å². The van der Waals surface area contributed by atoms with Gasteiger partial charge in [-0.05, 0) is 66.8 Å². The summed E-state index contributed by atoms with van der Waals surface area (Å²) in [6.07, 6.45) is 0.873. The second-order valence-electron chi connectivity index (χ2n) is 8.21. The number of anilines is 2. The molecule has 4 rings (SSSR count). The fraction of sp³-hybridized carbons (Fsp3) is 0.214. The predicted octanol–water partition coefficient (Wildman–Crippen LogP) is 5.28. The van der Waals surface area contributed by atoms with Gasteiger partial charge in [0.15, 0.2) is 0 Å². The zero-order chi connectivity index (χ0) is 24.4. The van der Waals surface area contributed by atoms with Crippen LogP contribution in [0, 0.1) is 13.8 Å². The Morgan fingerprint density at radius 1 is 0.824 bits per heavy atom. The molecule has 0 fully saturated rings. The Kier molecular flexibility index (Phi) is 6.41. The Morgan fingerprint density at radius 2 is 1.56 bits per heavy atom. The van der Waals surface area contributed by atoms with E-state index in [-0.39, 0.29) is 11.6 Å². The number of hydrogen-bond acceptors (Lipinski definition) is 5. The first-order chi connectivity index (χ1) is 16.4. The third-order valence-electron chi connectivity index (χ3n) is 6.15. The molecule has 1 heterocycles. The van der Waals surface area contributed by atoms with Crippen molar-refractivity contribution in [2.24, 2.45) is 0 Å². The van der Waals surface area contributed by atoms with Gasteiger partial charge in [-0.1, -0.05) is 37.3 Å². The lowest BCUT2D eigenvalue weighted by atomic mass is 9.99. The number of carbonyl (C=O) groups excluding carboxylic acids is 2. The lowest BCUT2D eigenvalue weighted by Gasteiger charge is -2.16. The normalized spacial score (nSPS) is 13.5. The third kappa shape index (κ3) is 4.15. The van der Waals surface area contributed by atoms with Crippen LogP contribution in [0.25, 0.3) is 5.57 Å². The molecule has 3 aromatic rings. The summed E-state index contributed by atoms with van der Waals surface area (Å²) in [5.74, 6) is 0.335. The quantitative estimate of drug-likeness (QED) is 0.490. The Balaban J connectivity index is 1.83. The van der Waals surface area contributed by atoms with E-state index in [1.165, 1.54) is 4.90 Å². The lowest BCUT2D eigenvalue weighted by Crippen LogP contribution is -2.32. The number of rotatable bonds is 7. The molecule has 0 aliphatic carbocycles. The topological polar surface area (TPSA) is 67.9 Å². The maximum atomic E-state index is 13.7. The summed E-state index contributed by atoms with van der Waals surface area (Å²) >= 11 is 0. The van der Waals surface area contributed by atoms with Gasteiger partial charge in [0, 0.05) is 6.07 Å². The van der Waals surface area contributed by atoms with Gasteiger partial charge in [-0.15, -0.1) is 0 Å². The second-order valence-corrected chi connectivity index (χ2v) is 8.21. The molecule has 6 nitrogen and oxygen atoms in total. The highest BCUT2D eigenvalue weighted by Gasteiger charge is 2.40. The average Bonchev–Trinajstić information content (AvgIpc) is 3.10. The van der Waals surface area contributed by atoms with Gasteiger partial charge in [-0.3, -0.25) is 9.59 Å². The van der Waals surface area contributed by atoms with E-state index in [0.717, 1.165) is 23.1 Å². The van der Waals surface area contributed by atoms with E-state index in [9.17, 15) is 9.59 Å². The van der Waals surface area contributed by atoms with Crippen LogP contribution < -0.4 is 19.7 Å². The molecule has 34 heavy (non-hydrogen) atoms. The van der Waals surface area contributed by atoms with Crippen LogP contribution in [0.2, 0.25) is 0 Å². The zero-order valence-corrected chi connectivity index (χ0v) is 20.1. The van der Waals surface area contributed by atoms with Crippen molar-refractivity contribution in [2.75, 3.05) is 24.4 Å². The fourth-order valence-corrected chi connectivity index (χ4v) is 3.96. The summed E-state index contributed by atoms with van der Waals surface area (Å²) in [5, 5.41) is 3.18. The second kappa shape index (κ2) is 9.43. The van der Waals surface area contributed by atoms with Crippen molar-refractivity contribution in [3.63, 3.8) is 0 Å². The molecule has 0 saturated heterocycles. The molecule has 0 atom stereocenters. The molecule has 0 unspecified atom stereocenters. The van der Waals surface area contributed by atoms with Crippen molar-refractivity contribution in [3.05, 3.63) is 88.6 Å². The maximum absolute atomic E-state index is 13.7. The minimum Gasteiger partial charge on any atom is -0.497 e. The van der Waals surface area contributed by atoms with Gasteiger partial charge in [0.25, 0.3) is 11.8 Å². The first kappa shape index (κ1) is 23.1. The first-order valence-corrected chi connectivity index (χ1v) is 11.2. The minimum absolute atomic E-state index is 0.205. The minimum atomic E-state index is -0.416. The Bertz CT molecular complexity index is 1290. The highest BCUT2D eigenvalue weighted by Crippen LogP contribution is 2.37. The van der Waals surface area contributed by atoms with Gasteiger partial charge >= 0.3 is 0 Å². The van der Waals surface area contributed by atoms with E-state index >= 15 is 0 Å². The number of benzene rings is 3. The van der Waals surface area contributed by atoms with E-state index in [2.05, 4.69) is 12.2 Å². The fourth-order valence-electron chi connectivity index (χ4n) is 3.96. The number of aryl methyl sites for hydroxylation is 3. The standard InChI is InChI=1S/C28H28N2O4/c1-6-19-8-11-21(12-9-19)30-27(31)25(20-10-7-17(2)18(3)15-20)26(28(30)32)29-23-14-13-22(33-4)16-24(23)34-5/h7-16,29H,6H2,1-5H3. The lowest BCUT2D eigenvalue weighted by molar-refractivity contribution is -0.120. The number of nitrogens with zero attached hydrogens (tertiary/aromatic N) is 1. The number of amides is 2. The first-order valence-electron chi connectivity index (χ1n) is 11.2. The van der Waals surface area contributed by atoms with Crippen molar-refractivity contribution in [1.82, 2.24) is 0 Å². The summed E-state index contributed by atoms with van der Waals surface area (Å²) in [7, 11) is 3.12. The molecular formula is C28H28N2O4. The summed E-state index contributed by atoms with van der Waals surface area (Å²) in [5.41, 5.74) is 5.59. The van der Waals surface area contributed by atoms with Gasteiger partial charge in [-0.2, -0.15) is 0 Å². The molecule has 6 heteroatoms. The molecule has 1 N–H and O–H groups in total. The number of carbonyl (C=O) groups is 2. The molecule has 0 spiro atoms. The van der Waals surface area contributed by atoms with E-state index < -0.39 is 5.91 Å². The van der Waals surface area contributed by atoms with Crippen LogP contribution in [0.15, 0.2) is 66.4 Å². The number of ether oxygens (including phenoxy) is 2. The zero-order valence-electron chi connectivity index (χ0n) is 20.1. The number of hydrogen-bond donors (Lipinski definition) is 1. The highest BCUT2D eigenvalue weighted by atomic mass is 16.5. The molecule has 0 bridgehead atoms. The highest BCUT2D eigenvalue weighted by molar-refractivity contribution is 6.46. The van der Waals surface area contributed by atoms with E-state index in [1.54, 1.807) is 32.4 Å². The summed E-state index contributed by atoms with van der Waals surface area (Å²) in [4.78, 5) is 28.6. The molecule has 174 valence electrons. The molecule has 1 aliphatic heterocycles. The van der Waals surface area contributed by atoms with Crippen LogP contribution in [0.5, 0.6) is 11.5 Å². The summed E-state index contributed by atoms with van der Waals surface area (Å²) in [6.45, 7) is 6.06. The van der Waals surface area contributed by atoms with Crippen molar-refractivity contribution >= 4 is 28.8 Å². The van der Waals surface area contributed by atoms with Crippen LogP contribution in [0.3, 0.4) is 0 Å². The van der Waals surface area contributed by atoms with Crippen LogP contribution in [-0.4, -0.2) is 26.0 Å².